The van der Waals surface area contributed by atoms with Crippen LogP contribution in [-0.2, 0) is 4.79 Å². The number of hydrogen-bond donors (Lipinski definition) is 2. The number of rotatable bonds is 6. The summed E-state index contributed by atoms with van der Waals surface area (Å²) in [7, 11) is 0. The molecule has 0 aliphatic heterocycles. The normalized spacial score (nSPS) is 11.1. The molecule has 0 aromatic carbocycles. The van der Waals surface area contributed by atoms with Crippen LogP contribution in [-0.4, -0.2) is 25.0 Å². The summed E-state index contributed by atoms with van der Waals surface area (Å²) >= 11 is 0. The lowest BCUT2D eigenvalue weighted by molar-refractivity contribution is -0.121. The maximum absolute atomic E-state index is 11.1. The van der Waals surface area contributed by atoms with Gasteiger partial charge in [0.1, 0.15) is 0 Å². The SMILES string of the molecule is C/C=C/CNCCC(=O)NC(C)C. The van der Waals surface area contributed by atoms with Crippen molar-refractivity contribution in [3.63, 3.8) is 0 Å². The molecule has 2 N–H and O–H groups in total. The number of carbonyl (C=O) groups excluding carboxylic acids is 1. The van der Waals surface area contributed by atoms with Gasteiger partial charge in [0.05, 0.1) is 0 Å². The van der Waals surface area contributed by atoms with Gasteiger partial charge in [-0.2, -0.15) is 0 Å². The van der Waals surface area contributed by atoms with E-state index in [0.717, 1.165) is 13.1 Å². The van der Waals surface area contributed by atoms with Gasteiger partial charge >= 0.3 is 0 Å². The Labute approximate surface area is 80.6 Å². The average molecular weight is 184 g/mol. The second kappa shape index (κ2) is 7.80. The van der Waals surface area contributed by atoms with E-state index in [1.54, 1.807) is 0 Å². The van der Waals surface area contributed by atoms with Crippen molar-refractivity contribution in [1.82, 2.24) is 10.6 Å². The maximum atomic E-state index is 11.1. The molecule has 0 spiro atoms. The number of allylic oxidation sites excluding steroid dienone is 1. The van der Waals surface area contributed by atoms with Crippen LogP contribution in [0.2, 0.25) is 0 Å². The fourth-order valence-corrected chi connectivity index (χ4v) is 0.899. The van der Waals surface area contributed by atoms with Crippen molar-refractivity contribution in [3.8, 4) is 0 Å². The highest BCUT2D eigenvalue weighted by Crippen LogP contribution is 1.81. The predicted molar refractivity (Wildman–Crippen MR) is 55.6 cm³/mol. The molecule has 3 heteroatoms. The van der Waals surface area contributed by atoms with Crippen LogP contribution in [0.5, 0.6) is 0 Å². The van der Waals surface area contributed by atoms with E-state index in [4.69, 9.17) is 0 Å². The summed E-state index contributed by atoms with van der Waals surface area (Å²) in [6.45, 7) is 7.48. The molecule has 0 saturated carbocycles. The van der Waals surface area contributed by atoms with Gasteiger partial charge in [-0.05, 0) is 20.8 Å². The van der Waals surface area contributed by atoms with Crippen LogP contribution >= 0.6 is 0 Å². The van der Waals surface area contributed by atoms with E-state index in [0.29, 0.717) is 6.42 Å². The third-order valence-electron chi connectivity index (χ3n) is 1.48. The first-order chi connectivity index (χ1) is 6.16. The largest absolute Gasteiger partial charge is 0.354 e. The van der Waals surface area contributed by atoms with Gasteiger partial charge in [-0.1, -0.05) is 12.2 Å². The van der Waals surface area contributed by atoms with Crippen molar-refractivity contribution in [2.45, 2.75) is 33.2 Å². The lowest BCUT2D eigenvalue weighted by atomic mass is 10.3. The van der Waals surface area contributed by atoms with Gasteiger partial charge in [0, 0.05) is 25.6 Å². The van der Waals surface area contributed by atoms with Gasteiger partial charge < -0.3 is 10.6 Å². The van der Waals surface area contributed by atoms with Gasteiger partial charge in [-0.3, -0.25) is 4.79 Å². The summed E-state index contributed by atoms with van der Waals surface area (Å²) in [5.41, 5.74) is 0. The van der Waals surface area contributed by atoms with Gasteiger partial charge in [0.15, 0.2) is 0 Å². The Kier molecular flexibility index (Phi) is 7.30. The molecule has 0 atom stereocenters. The van der Waals surface area contributed by atoms with Crippen LogP contribution in [0.25, 0.3) is 0 Å². The molecule has 0 aromatic heterocycles. The fourth-order valence-electron chi connectivity index (χ4n) is 0.899. The maximum Gasteiger partial charge on any atom is 0.221 e. The molecule has 0 heterocycles. The van der Waals surface area contributed by atoms with Crippen LogP contribution in [0.4, 0.5) is 0 Å². The number of amides is 1. The standard InChI is InChI=1S/C10H20N2O/c1-4-5-7-11-8-6-10(13)12-9(2)3/h4-5,9,11H,6-8H2,1-3H3,(H,12,13)/b5-4+. The zero-order valence-corrected chi connectivity index (χ0v) is 8.76. The summed E-state index contributed by atoms with van der Waals surface area (Å²) in [6, 6.07) is 0.239. The molecular formula is C10H20N2O. The molecule has 76 valence electrons. The Morgan fingerprint density at radius 3 is 2.69 bits per heavy atom. The van der Waals surface area contributed by atoms with E-state index in [1.165, 1.54) is 0 Å². The summed E-state index contributed by atoms with van der Waals surface area (Å²) in [6.07, 6.45) is 4.57. The van der Waals surface area contributed by atoms with Crippen LogP contribution < -0.4 is 10.6 Å². The zero-order chi connectivity index (χ0) is 10.1. The highest BCUT2D eigenvalue weighted by Gasteiger charge is 2.00. The molecule has 13 heavy (non-hydrogen) atoms. The molecule has 0 fully saturated rings. The first kappa shape index (κ1) is 12.2. The molecular weight excluding hydrogens is 164 g/mol. The Morgan fingerprint density at radius 1 is 1.46 bits per heavy atom. The van der Waals surface area contributed by atoms with E-state index in [-0.39, 0.29) is 11.9 Å². The molecule has 0 unspecified atom stereocenters. The van der Waals surface area contributed by atoms with Crippen molar-refractivity contribution < 1.29 is 4.79 Å². The van der Waals surface area contributed by atoms with Crippen molar-refractivity contribution >= 4 is 5.91 Å². The topological polar surface area (TPSA) is 41.1 Å². The Bertz CT molecular complexity index is 164. The molecule has 0 rings (SSSR count). The van der Waals surface area contributed by atoms with Crippen molar-refractivity contribution in [2.24, 2.45) is 0 Å². The van der Waals surface area contributed by atoms with E-state index < -0.39 is 0 Å². The lowest BCUT2D eigenvalue weighted by Crippen LogP contribution is -2.32. The molecule has 0 saturated heterocycles. The minimum absolute atomic E-state index is 0.114. The van der Waals surface area contributed by atoms with Gasteiger partial charge in [-0.15, -0.1) is 0 Å². The summed E-state index contributed by atoms with van der Waals surface area (Å²) in [5, 5.41) is 5.98. The molecule has 0 radical (unpaired) electrons. The second-order valence-corrected chi connectivity index (χ2v) is 3.25. The van der Waals surface area contributed by atoms with Crippen molar-refractivity contribution in [2.75, 3.05) is 13.1 Å². The van der Waals surface area contributed by atoms with E-state index in [1.807, 2.05) is 32.9 Å². The van der Waals surface area contributed by atoms with Crippen molar-refractivity contribution in [3.05, 3.63) is 12.2 Å². The number of carbonyl (C=O) groups is 1. The molecule has 0 aromatic rings. The monoisotopic (exact) mass is 184 g/mol. The molecule has 3 nitrogen and oxygen atoms in total. The van der Waals surface area contributed by atoms with Crippen LogP contribution in [0.15, 0.2) is 12.2 Å². The number of nitrogens with one attached hydrogen (secondary N) is 2. The summed E-state index contributed by atoms with van der Waals surface area (Å²) < 4.78 is 0. The van der Waals surface area contributed by atoms with Gasteiger partial charge in [-0.25, -0.2) is 0 Å². The Morgan fingerprint density at radius 2 is 2.15 bits per heavy atom. The van der Waals surface area contributed by atoms with E-state index >= 15 is 0 Å². The first-order valence-corrected chi connectivity index (χ1v) is 4.78. The minimum Gasteiger partial charge on any atom is -0.354 e. The molecule has 0 bridgehead atoms. The first-order valence-electron chi connectivity index (χ1n) is 4.78. The Balaban J connectivity index is 3.27. The summed E-state index contributed by atoms with van der Waals surface area (Å²) in [4.78, 5) is 11.1. The number of hydrogen-bond acceptors (Lipinski definition) is 2. The van der Waals surface area contributed by atoms with Crippen LogP contribution in [0.3, 0.4) is 0 Å². The van der Waals surface area contributed by atoms with Crippen LogP contribution in [0.1, 0.15) is 27.2 Å². The lowest BCUT2D eigenvalue weighted by Gasteiger charge is -2.07. The minimum atomic E-state index is 0.114. The zero-order valence-electron chi connectivity index (χ0n) is 8.76. The highest BCUT2D eigenvalue weighted by molar-refractivity contribution is 5.76. The smallest absolute Gasteiger partial charge is 0.221 e. The van der Waals surface area contributed by atoms with Gasteiger partial charge in [0.25, 0.3) is 0 Å². The average Bonchev–Trinajstić information content (AvgIpc) is 2.02. The molecule has 0 aliphatic rings. The highest BCUT2D eigenvalue weighted by atomic mass is 16.1. The van der Waals surface area contributed by atoms with Crippen molar-refractivity contribution in [1.29, 1.82) is 0 Å². The van der Waals surface area contributed by atoms with E-state index in [2.05, 4.69) is 10.6 Å². The third kappa shape index (κ3) is 9.08. The van der Waals surface area contributed by atoms with E-state index in [9.17, 15) is 4.79 Å². The predicted octanol–water partition coefficient (Wildman–Crippen LogP) is 1.07. The Hall–Kier alpha value is -0.830. The second-order valence-electron chi connectivity index (χ2n) is 3.25. The summed E-state index contributed by atoms with van der Waals surface area (Å²) in [5.74, 6) is 0.114. The van der Waals surface area contributed by atoms with Crippen LogP contribution in [0, 0.1) is 0 Å². The van der Waals surface area contributed by atoms with Gasteiger partial charge in [0.2, 0.25) is 5.91 Å². The third-order valence-corrected chi connectivity index (χ3v) is 1.48. The quantitative estimate of drug-likeness (QED) is 0.479. The molecule has 0 aliphatic carbocycles. The molecule has 1 amide bonds. The fraction of sp³-hybridized carbons (Fsp3) is 0.700.